The number of carboxylic acids is 1. The Bertz CT molecular complexity index is 458. The minimum atomic E-state index is -1.08. The average Bonchev–Trinajstić information content (AvgIpc) is 2.37. The fraction of sp³-hybridized carbons (Fsp3) is 0.500. The molecule has 0 radical (unpaired) electrons. The van der Waals surface area contributed by atoms with Gasteiger partial charge >= 0.3 is 5.97 Å². The highest BCUT2D eigenvalue weighted by Crippen LogP contribution is 2.08. The highest BCUT2D eigenvalue weighted by Gasteiger charge is 2.14. The number of nitrogens with zero attached hydrogens (tertiary/aromatic N) is 2. The lowest BCUT2D eigenvalue weighted by molar-refractivity contribution is 0.0696. The van der Waals surface area contributed by atoms with Gasteiger partial charge in [0.1, 0.15) is 0 Å². The van der Waals surface area contributed by atoms with Crippen LogP contribution in [0, 0.1) is 5.92 Å². The van der Waals surface area contributed by atoms with Crippen molar-refractivity contribution in [1.29, 1.82) is 0 Å². The lowest BCUT2D eigenvalue weighted by Gasteiger charge is -2.17. The SMILES string of the molecule is CC(C)CCCN(C)C(=O)c1cncc(C(=O)O)c1. The van der Waals surface area contributed by atoms with Gasteiger partial charge in [0.25, 0.3) is 5.91 Å². The van der Waals surface area contributed by atoms with Crippen molar-refractivity contribution >= 4 is 11.9 Å². The van der Waals surface area contributed by atoms with E-state index in [0.29, 0.717) is 18.0 Å². The predicted molar refractivity (Wildman–Crippen MR) is 72.2 cm³/mol. The van der Waals surface area contributed by atoms with Gasteiger partial charge in [0.2, 0.25) is 0 Å². The van der Waals surface area contributed by atoms with Crippen molar-refractivity contribution in [3.8, 4) is 0 Å². The van der Waals surface area contributed by atoms with Gasteiger partial charge in [-0.05, 0) is 24.8 Å². The first-order chi connectivity index (χ1) is 8.91. The first-order valence-corrected chi connectivity index (χ1v) is 6.35. The first kappa shape index (κ1) is 15.1. The topological polar surface area (TPSA) is 70.5 Å². The largest absolute Gasteiger partial charge is 0.478 e. The summed E-state index contributed by atoms with van der Waals surface area (Å²) < 4.78 is 0. The van der Waals surface area contributed by atoms with Crippen molar-refractivity contribution in [2.45, 2.75) is 26.7 Å². The minimum Gasteiger partial charge on any atom is -0.478 e. The third kappa shape index (κ3) is 4.69. The number of carboxylic acid groups (broad SMARTS) is 1. The molecule has 0 aliphatic rings. The van der Waals surface area contributed by atoms with Gasteiger partial charge in [-0.15, -0.1) is 0 Å². The lowest BCUT2D eigenvalue weighted by Crippen LogP contribution is -2.28. The second-order valence-corrected chi connectivity index (χ2v) is 5.03. The molecule has 0 aliphatic carbocycles. The molecule has 0 unspecified atom stereocenters. The van der Waals surface area contributed by atoms with Crippen LogP contribution in [0.4, 0.5) is 0 Å². The lowest BCUT2D eigenvalue weighted by atomic mass is 10.1. The molecule has 1 N–H and O–H groups in total. The maximum atomic E-state index is 12.1. The van der Waals surface area contributed by atoms with Crippen LogP contribution >= 0.6 is 0 Å². The summed E-state index contributed by atoms with van der Waals surface area (Å²) in [5.74, 6) is -0.663. The fourth-order valence-corrected chi connectivity index (χ4v) is 1.73. The summed E-state index contributed by atoms with van der Waals surface area (Å²) in [6, 6.07) is 1.36. The van der Waals surface area contributed by atoms with Crippen LogP contribution in [-0.2, 0) is 0 Å². The second kappa shape index (κ2) is 6.87. The van der Waals surface area contributed by atoms with Crippen molar-refractivity contribution < 1.29 is 14.7 Å². The van der Waals surface area contributed by atoms with Crippen molar-refractivity contribution in [3.63, 3.8) is 0 Å². The molecule has 1 aromatic rings. The quantitative estimate of drug-likeness (QED) is 0.855. The van der Waals surface area contributed by atoms with Gasteiger partial charge in [0.15, 0.2) is 0 Å². The Kier molecular flexibility index (Phi) is 5.48. The molecule has 1 heterocycles. The van der Waals surface area contributed by atoms with Crippen molar-refractivity contribution in [2.75, 3.05) is 13.6 Å². The van der Waals surface area contributed by atoms with Crippen LogP contribution in [0.3, 0.4) is 0 Å². The smallest absolute Gasteiger partial charge is 0.337 e. The zero-order valence-electron chi connectivity index (χ0n) is 11.6. The van der Waals surface area contributed by atoms with E-state index < -0.39 is 5.97 Å². The molecular weight excluding hydrogens is 244 g/mol. The Hall–Kier alpha value is -1.91. The van der Waals surface area contributed by atoms with Gasteiger partial charge in [-0.25, -0.2) is 4.79 Å². The monoisotopic (exact) mass is 264 g/mol. The number of carbonyl (C=O) groups excluding carboxylic acids is 1. The standard InChI is InChI=1S/C14H20N2O3/c1-10(2)5-4-6-16(3)13(17)11-7-12(14(18)19)9-15-8-11/h7-10H,4-6H2,1-3H3,(H,18,19). The van der Waals surface area contributed by atoms with Crippen molar-refractivity contribution in [2.24, 2.45) is 5.92 Å². The Morgan fingerprint density at radius 2 is 1.95 bits per heavy atom. The van der Waals surface area contributed by atoms with Crippen LogP contribution < -0.4 is 0 Å². The van der Waals surface area contributed by atoms with E-state index in [0.717, 1.165) is 12.8 Å². The molecule has 1 rings (SSSR count). The number of pyridine rings is 1. The van der Waals surface area contributed by atoms with Crippen LogP contribution in [0.2, 0.25) is 0 Å². The number of amides is 1. The first-order valence-electron chi connectivity index (χ1n) is 6.35. The van der Waals surface area contributed by atoms with Crippen LogP contribution in [0.1, 0.15) is 47.4 Å². The molecule has 0 aromatic carbocycles. The molecule has 0 atom stereocenters. The van der Waals surface area contributed by atoms with Crippen LogP contribution in [0.25, 0.3) is 0 Å². The molecule has 0 bridgehead atoms. The zero-order valence-corrected chi connectivity index (χ0v) is 11.6. The molecule has 0 spiro atoms. The van der Waals surface area contributed by atoms with E-state index in [9.17, 15) is 9.59 Å². The van der Waals surface area contributed by atoms with Gasteiger partial charge in [-0.3, -0.25) is 9.78 Å². The molecular formula is C14H20N2O3. The number of carbonyl (C=O) groups is 2. The Labute approximate surface area is 113 Å². The van der Waals surface area contributed by atoms with Crippen molar-refractivity contribution in [1.82, 2.24) is 9.88 Å². The van der Waals surface area contributed by atoms with E-state index in [2.05, 4.69) is 18.8 Å². The third-order valence-corrected chi connectivity index (χ3v) is 2.85. The number of aromatic nitrogens is 1. The molecule has 104 valence electrons. The van der Waals surface area contributed by atoms with Crippen molar-refractivity contribution in [3.05, 3.63) is 29.6 Å². The maximum absolute atomic E-state index is 12.1. The van der Waals surface area contributed by atoms with Crippen LogP contribution in [0.15, 0.2) is 18.5 Å². The predicted octanol–water partition coefficient (Wildman–Crippen LogP) is 2.29. The number of hydrogen-bond acceptors (Lipinski definition) is 3. The number of rotatable bonds is 6. The van der Waals surface area contributed by atoms with E-state index in [1.54, 1.807) is 11.9 Å². The molecule has 1 amide bonds. The highest BCUT2D eigenvalue weighted by molar-refractivity contribution is 5.96. The number of aromatic carboxylic acids is 1. The summed E-state index contributed by atoms with van der Waals surface area (Å²) in [5, 5.41) is 8.87. The third-order valence-electron chi connectivity index (χ3n) is 2.85. The fourth-order valence-electron chi connectivity index (χ4n) is 1.73. The second-order valence-electron chi connectivity index (χ2n) is 5.03. The van der Waals surface area contributed by atoms with Gasteiger partial charge in [0, 0.05) is 26.0 Å². The van der Waals surface area contributed by atoms with Crippen LogP contribution in [-0.4, -0.2) is 40.5 Å². The summed E-state index contributed by atoms with van der Waals surface area (Å²) in [5.41, 5.74) is 0.341. The Morgan fingerprint density at radius 3 is 2.53 bits per heavy atom. The molecule has 5 heteroatoms. The van der Waals surface area contributed by atoms with Gasteiger partial charge in [0.05, 0.1) is 11.1 Å². The van der Waals surface area contributed by atoms with E-state index >= 15 is 0 Å². The van der Waals surface area contributed by atoms with E-state index in [1.165, 1.54) is 18.5 Å². The van der Waals surface area contributed by atoms with E-state index in [1.807, 2.05) is 0 Å². The van der Waals surface area contributed by atoms with Crippen LogP contribution in [0.5, 0.6) is 0 Å². The van der Waals surface area contributed by atoms with E-state index in [-0.39, 0.29) is 11.5 Å². The Balaban J connectivity index is 2.66. The molecule has 1 aromatic heterocycles. The summed E-state index contributed by atoms with van der Waals surface area (Å²) >= 11 is 0. The van der Waals surface area contributed by atoms with E-state index in [4.69, 9.17) is 5.11 Å². The van der Waals surface area contributed by atoms with Gasteiger partial charge in [-0.1, -0.05) is 13.8 Å². The highest BCUT2D eigenvalue weighted by atomic mass is 16.4. The Morgan fingerprint density at radius 1 is 1.32 bits per heavy atom. The zero-order chi connectivity index (χ0) is 14.4. The summed E-state index contributed by atoms with van der Waals surface area (Å²) in [6.45, 7) is 4.94. The summed E-state index contributed by atoms with van der Waals surface area (Å²) in [6.07, 6.45) is 4.63. The normalized spacial score (nSPS) is 10.5. The molecule has 0 aliphatic heterocycles. The summed E-state index contributed by atoms with van der Waals surface area (Å²) in [7, 11) is 1.72. The van der Waals surface area contributed by atoms with Gasteiger partial charge in [-0.2, -0.15) is 0 Å². The van der Waals surface area contributed by atoms with Gasteiger partial charge < -0.3 is 10.0 Å². The molecule has 0 saturated carbocycles. The number of hydrogen-bond donors (Lipinski definition) is 1. The maximum Gasteiger partial charge on any atom is 0.337 e. The minimum absolute atomic E-state index is 0.0291. The molecule has 19 heavy (non-hydrogen) atoms. The summed E-state index contributed by atoms with van der Waals surface area (Å²) in [4.78, 5) is 28.3. The molecule has 5 nitrogen and oxygen atoms in total. The molecule has 0 fully saturated rings. The molecule has 0 saturated heterocycles. The average molecular weight is 264 g/mol.